The van der Waals surface area contributed by atoms with Gasteiger partial charge in [-0.05, 0) is 35.0 Å². The van der Waals surface area contributed by atoms with E-state index in [2.05, 4.69) is 78.3 Å². The summed E-state index contributed by atoms with van der Waals surface area (Å²) in [6.07, 6.45) is 11.7. The minimum atomic E-state index is 0.174. The maximum Gasteiger partial charge on any atom is 0.0775 e. The summed E-state index contributed by atoms with van der Waals surface area (Å²) in [6, 6.07) is 15.2. The van der Waals surface area contributed by atoms with Gasteiger partial charge in [-0.15, -0.1) is 0 Å². The maximum atomic E-state index is 4.86. The highest BCUT2D eigenvalue weighted by Crippen LogP contribution is 2.45. The second-order valence-electron chi connectivity index (χ2n) is 6.08. The summed E-state index contributed by atoms with van der Waals surface area (Å²) in [5.41, 5.74) is 8.79. The summed E-state index contributed by atoms with van der Waals surface area (Å²) >= 11 is 0. The average Bonchev–Trinajstić information content (AvgIpc) is 3.01. The Balaban J connectivity index is 1.76. The average molecular weight is 296 g/mol. The van der Waals surface area contributed by atoms with E-state index >= 15 is 0 Å². The van der Waals surface area contributed by atoms with Gasteiger partial charge in [-0.3, -0.25) is 4.99 Å². The van der Waals surface area contributed by atoms with Crippen LogP contribution in [0.25, 0.3) is 11.6 Å². The number of hydrogen-bond acceptors (Lipinski definition) is 2. The van der Waals surface area contributed by atoms with Gasteiger partial charge in [-0.1, -0.05) is 54.6 Å². The predicted molar refractivity (Wildman–Crippen MR) is 95.7 cm³/mol. The maximum absolute atomic E-state index is 4.86. The molecule has 2 heteroatoms. The van der Waals surface area contributed by atoms with Crippen molar-refractivity contribution < 1.29 is 0 Å². The summed E-state index contributed by atoms with van der Waals surface area (Å²) in [7, 11) is 0. The molecular weight excluding hydrogens is 280 g/mol. The molecule has 5 rings (SSSR count). The van der Waals surface area contributed by atoms with Gasteiger partial charge >= 0.3 is 0 Å². The lowest BCUT2D eigenvalue weighted by molar-refractivity contribution is 0.719. The molecule has 0 aromatic heterocycles. The first-order valence-corrected chi connectivity index (χ1v) is 8.01. The molecule has 1 unspecified atom stereocenters. The Labute approximate surface area is 135 Å². The van der Waals surface area contributed by atoms with Crippen molar-refractivity contribution in [3.8, 4) is 0 Å². The van der Waals surface area contributed by atoms with Crippen molar-refractivity contribution in [3.05, 3.63) is 89.1 Å². The van der Waals surface area contributed by atoms with Crippen LogP contribution in [-0.2, 0) is 0 Å². The fourth-order valence-electron chi connectivity index (χ4n) is 3.71. The lowest BCUT2D eigenvalue weighted by Gasteiger charge is -2.27. The molecule has 0 saturated carbocycles. The minimum absolute atomic E-state index is 0.174. The molecule has 0 spiro atoms. The molecule has 2 aromatic rings. The molecule has 0 saturated heterocycles. The van der Waals surface area contributed by atoms with Crippen molar-refractivity contribution in [2.75, 3.05) is 0 Å². The zero-order chi connectivity index (χ0) is 15.2. The van der Waals surface area contributed by atoms with Crippen LogP contribution in [0, 0.1) is 0 Å². The summed E-state index contributed by atoms with van der Waals surface area (Å²) < 4.78 is 0. The van der Waals surface area contributed by atoms with Crippen LogP contribution < -0.4 is 5.32 Å². The number of allylic oxidation sites excluding steroid dienone is 4. The van der Waals surface area contributed by atoms with Gasteiger partial charge in [0.15, 0.2) is 0 Å². The van der Waals surface area contributed by atoms with Crippen molar-refractivity contribution in [1.29, 1.82) is 0 Å². The molecule has 3 aliphatic rings. The first kappa shape index (κ1) is 12.7. The molecule has 1 N–H and O–H groups in total. The molecule has 1 atom stereocenters. The number of aliphatic imine (C=N–C) groups is 1. The SMILES string of the molecule is C1=CCC2=Nc3ccc4c(c3C2=C1)C(c1ccccc1)NC=C4. The molecule has 0 fully saturated rings. The van der Waals surface area contributed by atoms with E-state index < -0.39 is 0 Å². The molecule has 0 amide bonds. The van der Waals surface area contributed by atoms with Crippen molar-refractivity contribution in [3.63, 3.8) is 0 Å². The minimum Gasteiger partial charge on any atom is -0.380 e. The highest BCUT2D eigenvalue weighted by Gasteiger charge is 2.30. The number of nitrogens with one attached hydrogen (secondary N) is 1. The van der Waals surface area contributed by atoms with Gasteiger partial charge in [0.05, 0.1) is 17.4 Å². The quantitative estimate of drug-likeness (QED) is 0.804. The monoisotopic (exact) mass is 296 g/mol. The highest BCUT2D eigenvalue weighted by atomic mass is 14.9. The van der Waals surface area contributed by atoms with E-state index in [4.69, 9.17) is 4.99 Å². The zero-order valence-electron chi connectivity index (χ0n) is 12.7. The lowest BCUT2D eigenvalue weighted by Crippen LogP contribution is -2.22. The molecule has 23 heavy (non-hydrogen) atoms. The highest BCUT2D eigenvalue weighted by molar-refractivity contribution is 6.30. The third-order valence-electron chi connectivity index (χ3n) is 4.75. The number of benzene rings is 2. The van der Waals surface area contributed by atoms with Crippen LogP contribution in [0.4, 0.5) is 5.69 Å². The van der Waals surface area contributed by atoms with E-state index in [0.717, 1.165) is 12.1 Å². The van der Waals surface area contributed by atoms with Crippen molar-refractivity contribution in [2.24, 2.45) is 4.99 Å². The third kappa shape index (κ3) is 1.85. The molecule has 110 valence electrons. The van der Waals surface area contributed by atoms with Crippen LogP contribution in [0.5, 0.6) is 0 Å². The van der Waals surface area contributed by atoms with Crippen LogP contribution in [0.2, 0.25) is 0 Å². The van der Waals surface area contributed by atoms with Gasteiger partial charge in [-0.25, -0.2) is 0 Å². The topological polar surface area (TPSA) is 24.4 Å². The number of rotatable bonds is 1. The largest absolute Gasteiger partial charge is 0.380 e. The van der Waals surface area contributed by atoms with Gasteiger partial charge in [0, 0.05) is 17.6 Å². The predicted octanol–water partition coefficient (Wildman–Crippen LogP) is 4.78. The van der Waals surface area contributed by atoms with E-state index in [0.29, 0.717) is 0 Å². The Bertz CT molecular complexity index is 914. The Morgan fingerprint density at radius 1 is 1.04 bits per heavy atom. The van der Waals surface area contributed by atoms with Gasteiger partial charge < -0.3 is 5.32 Å². The molecule has 2 aromatic carbocycles. The first-order chi connectivity index (χ1) is 11.4. The molecule has 2 aliphatic heterocycles. The Hall–Kier alpha value is -2.87. The van der Waals surface area contributed by atoms with Gasteiger partial charge in [0.1, 0.15) is 0 Å². The van der Waals surface area contributed by atoms with Crippen LogP contribution in [-0.4, -0.2) is 5.71 Å². The van der Waals surface area contributed by atoms with E-state index in [1.165, 1.54) is 33.5 Å². The molecule has 0 bridgehead atoms. The van der Waals surface area contributed by atoms with Crippen LogP contribution in [0.1, 0.15) is 34.7 Å². The first-order valence-electron chi connectivity index (χ1n) is 8.01. The third-order valence-corrected chi connectivity index (χ3v) is 4.75. The van der Waals surface area contributed by atoms with Gasteiger partial charge in [0.2, 0.25) is 0 Å². The molecule has 2 nitrogen and oxygen atoms in total. The van der Waals surface area contributed by atoms with E-state index in [-0.39, 0.29) is 6.04 Å². The van der Waals surface area contributed by atoms with E-state index in [1.807, 2.05) is 0 Å². The van der Waals surface area contributed by atoms with Crippen molar-refractivity contribution in [2.45, 2.75) is 12.5 Å². The Morgan fingerprint density at radius 3 is 2.87 bits per heavy atom. The summed E-state index contributed by atoms with van der Waals surface area (Å²) in [5.74, 6) is 0. The van der Waals surface area contributed by atoms with Gasteiger partial charge in [0.25, 0.3) is 0 Å². The fourth-order valence-corrected chi connectivity index (χ4v) is 3.71. The van der Waals surface area contributed by atoms with Gasteiger partial charge in [-0.2, -0.15) is 0 Å². The normalized spacial score (nSPS) is 20.1. The van der Waals surface area contributed by atoms with Crippen LogP contribution in [0.3, 0.4) is 0 Å². The molecule has 2 heterocycles. The van der Waals surface area contributed by atoms with Crippen molar-refractivity contribution >= 4 is 23.0 Å². The number of hydrogen-bond donors (Lipinski definition) is 1. The van der Waals surface area contributed by atoms with Crippen LogP contribution in [0.15, 0.2) is 71.9 Å². The van der Waals surface area contributed by atoms with E-state index in [1.54, 1.807) is 0 Å². The molecule has 0 radical (unpaired) electrons. The standard InChI is InChI=1S/C21H16N2/c1-2-6-15(7-3-1)21-19-14(12-13-22-21)10-11-18-20(19)16-8-4-5-9-17(16)23-18/h1-8,10-13,21-22H,9H2. The second-order valence-corrected chi connectivity index (χ2v) is 6.08. The summed E-state index contributed by atoms with van der Waals surface area (Å²) in [6.45, 7) is 0. The zero-order valence-corrected chi connectivity index (χ0v) is 12.7. The number of nitrogens with zero attached hydrogens (tertiary/aromatic N) is 1. The lowest BCUT2D eigenvalue weighted by atomic mass is 9.84. The Kier molecular flexibility index (Phi) is 2.65. The molecular formula is C21H16N2. The summed E-state index contributed by atoms with van der Waals surface area (Å²) in [4.78, 5) is 4.86. The molecule has 1 aliphatic carbocycles. The van der Waals surface area contributed by atoms with E-state index in [9.17, 15) is 0 Å². The number of fused-ring (bicyclic) bond motifs is 5. The Morgan fingerprint density at radius 2 is 1.96 bits per heavy atom. The van der Waals surface area contributed by atoms with Crippen LogP contribution >= 0.6 is 0 Å². The second kappa shape index (κ2) is 4.82. The smallest absolute Gasteiger partial charge is 0.0775 e. The van der Waals surface area contributed by atoms with Crippen molar-refractivity contribution in [1.82, 2.24) is 5.32 Å². The summed E-state index contributed by atoms with van der Waals surface area (Å²) in [5, 5.41) is 3.54. The fraction of sp³-hybridized carbons (Fsp3) is 0.0952.